The van der Waals surface area contributed by atoms with Crippen molar-refractivity contribution in [3.05, 3.63) is 11.7 Å². The predicted octanol–water partition coefficient (Wildman–Crippen LogP) is 1.97. The van der Waals surface area contributed by atoms with Crippen LogP contribution in [0.2, 0.25) is 0 Å². The van der Waals surface area contributed by atoms with Crippen molar-refractivity contribution in [3.63, 3.8) is 0 Å². The first-order valence-electron chi connectivity index (χ1n) is 7.68. The molecule has 0 spiro atoms. The van der Waals surface area contributed by atoms with E-state index in [1.807, 2.05) is 13.8 Å². The van der Waals surface area contributed by atoms with Crippen molar-refractivity contribution in [2.75, 3.05) is 20.2 Å². The summed E-state index contributed by atoms with van der Waals surface area (Å²) in [5.74, 6) is 1.97. The first kappa shape index (κ1) is 14.5. The van der Waals surface area contributed by atoms with E-state index in [-0.39, 0.29) is 17.3 Å². The molecule has 6 nitrogen and oxygen atoms in total. The van der Waals surface area contributed by atoms with Crippen LogP contribution in [0.25, 0.3) is 0 Å². The van der Waals surface area contributed by atoms with Gasteiger partial charge < -0.3 is 9.26 Å². The Morgan fingerprint density at radius 2 is 2.38 bits per heavy atom. The molecule has 2 aliphatic rings. The molecule has 2 heterocycles. The number of ether oxygens (including phenoxy) is 1. The second-order valence-corrected chi connectivity index (χ2v) is 6.61. The lowest BCUT2D eigenvalue weighted by molar-refractivity contribution is -0.153. The normalized spacial score (nSPS) is 29.0. The van der Waals surface area contributed by atoms with Crippen LogP contribution in [0.4, 0.5) is 0 Å². The van der Waals surface area contributed by atoms with Crippen molar-refractivity contribution >= 4 is 5.97 Å². The van der Waals surface area contributed by atoms with Crippen molar-refractivity contribution in [2.45, 2.75) is 45.6 Å². The minimum absolute atomic E-state index is 0.0523. The van der Waals surface area contributed by atoms with Crippen molar-refractivity contribution < 1.29 is 14.1 Å². The van der Waals surface area contributed by atoms with Crippen LogP contribution in [0.1, 0.15) is 50.7 Å². The quantitative estimate of drug-likeness (QED) is 0.791. The third-order valence-corrected chi connectivity index (χ3v) is 4.88. The van der Waals surface area contributed by atoms with Gasteiger partial charge in [-0.15, -0.1) is 0 Å². The Bertz CT molecular complexity index is 528. The van der Waals surface area contributed by atoms with Crippen molar-refractivity contribution in [3.8, 4) is 0 Å². The second-order valence-electron chi connectivity index (χ2n) is 6.61. The Labute approximate surface area is 124 Å². The zero-order chi connectivity index (χ0) is 15.0. The van der Waals surface area contributed by atoms with E-state index in [1.165, 1.54) is 7.11 Å². The summed E-state index contributed by atoms with van der Waals surface area (Å²) < 4.78 is 10.3. The van der Waals surface area contributed by atoms with Crippen LogP contribution in [0.15, 0.2) is 4.52 Å². The number of esters is 1. The van der Waals surface area contributed by atoms with Crippen molar-refractivity contribution in [1.82, 2.24) is 15.0 Å². The first-order valence-corrected chi connectivity index (χ1v) is 7.68. The number of methoxy groups -OCH3 is 1. The second kappa shape index (κ2) is 5.40. The maximum atomic E-state index is 12.2. The molecule has 3 rings (SSSR count). The summed E-state index contributed by atoms with van der Waals surface area (Å²) in [6.07, 6.45) is 3.16. The van der Waals surface area contributed by atoms with Gasteiger partial charge in [-0.25, -0.2) is 0 Å². The van der Waals surface area contributed by atoms with Gasteiger partial charge in [-0.3, -0.25) is 9.69 Å². The van der Waals surface area contributed by atoms with E-state index in [0.29, 0.717) is 24.2 Å². The molecule has 0 bridgehead atoms. The molecule has 1 saturated heterocycles. The fraction of sp³-hybridized carbons (Fsp3) is 0.800. The molecule has 0 N–H and O–H groups in total. The Hall–Kier alpha value is -1.43. The summed E-state index contributed by atoms with van der Waals surface area (Å²) >= 11 is 0. The van der Waals surface area contributed by atoms with E-state index >= 15 is 0 Å². The monoisotopic (exact) mass is 293 g/mol. The van der Waals surface area contributed by atoms with E-state index in [4.69, 9.17) is 9.26 Å². The summed E-state index contributed by atoms with van der Waals surface area (Å²) in [7, 11) is 1.49. The molecule has 1 aliphatic carbocycles. The van der Waals surface area contributed by atoms with Crippen LogP contribution in [-0.4, -0.2) is 41.2 Å². The van der Waals surface area contributed by atoms with Gasteiger partial charge in [0.25, 0.3) is 0 Å². The maximum absolute atomic E-state index is 12.2. The van der Waals surface area contributed by atoms with Crippen LogP contribution in [0, 0.1) is 11.3 Å². The van der Waals surface area contributed by atoms with Crippen molar-refractivity contribution in [1.29, 1.82) is 0 Å². The summed E-state index contributed by atoms with van der Waals surface area (Å²) in [6.45, 7) is 6.37. The summed E-state index contributed by atoms with van der Waals surface area (Å²) in [5.41, 5.74) is -0.306. The number of hydrogen-bond acceptors (Lipinski definition) is 6. The molecule has 1 aromatic heterocycles. The highest BCUT2D eigenvalue weighted by Gasteiger charge is 2.55. The SMILES string of the molecule is COC(=O)C12CCCC1CN(Cc1noc(C(C)C)n1)C2. The highest BCUT2D eigenvalue weighted by Crippen LogP contribution is 2.49. The highest BCUT2D eigenvalue weighted by molar-refractivity contribution is 5.78. The Kier molecular flexibility index (Phi) is 3.73. The number of nitrogens with zero attached hydrogens (tertiary/aromatic N) is 3. The van der Waals surface area contributed by atoms with E-state index in [2.05, 4.69) is 15.0 Å². The smallest absolute Gasteiger partial charge is 0.313 e. The maximum Gasteiger partial charge on any atom is 0.313 e. The Morgan fingerprint density at radius 1 is 1.57 bits per heavy atom. The lowest BCUT2D eigenvalue weighted by Crippen LogP contribution is -2.36. The molecule has 2 fully saturated rings. The average molecular weight is 293 g/mol. The van der Waals surface area contributed by atoms with Crippen LogP contribution in [0.3, 0.4) is 0 Å². The summed E-state index contributed by atoms with van der Waals surface area (Å²) in [5, 5.41) is 4.04. The number of carbonyl (C=O) groups is 1. The predicted molar refractivity (Wildman–Crippen MR) is 75.5 cm³/mol. The minimum Gasteiger partial charge on any atom is -0.469 e. The third kappa shape index (κ3) is 2.46. The van der Waals surface area contributed by atoms with Crippen LogP contribution >= 0.6 is 0 Å². The number of likely N-dealkylation sites (tertiary alicyclic amines) is 1. The molecule has 1 saturated carbocycles. The van der Waals surface area contributed by atoms with E-state index in [9.17, 15) is 4.79 Å². The van der Waals surface area contributed by atoms with E-state index < -0.39 is 0 Å². The lowest BCUT2D eigenvalue weighted by atomic mass is 9.81. The topological polar surface area (TPSA) is 68.5 Å². The van der Waals surface area contributed by atoms with Crippen LogP contribution < -0.4 is 0 Å². The van der Waals surface area contributed by atoms with Gasteiger partial charge in [-0.1, -0.05) is 25.4 Å². The van der Waals surface area contributed by atoms with Gasteiger partial charge in [0, 0.05) is 19.0 Å². The lowest BCUT2D eigenvalue weighted by Gasteiger charge is -2.25. The van der Waals surface area contributed by atoms with Gasteiger partial charge in [0.05, 0.1) is 19.1 Å². The number of aromatic nitrogens is 2. The molecular weight excluding hydrogens is 270 g/mol. The number of hydrogen-bond donors (Lipinski definition) is 0. The van der Waals surface area contributed by atoms with Gasteiger partial charge in [-0.05, 0) is 18.8 Å². The molecule has 116 valence electrons. The molecule has 0 radical (unpaired) electrons. The molecular formula is C15H23N3O3. The standard InChI is InChI=1S/C15H23N3O3/c1-10(2)13-16-12(17-21-13)8-18-7-11-5-4-6-15(11,9-18)14(19)20-3/h10-11H,4-9H2,1-3H3. The van der Waals surface area contributed by atoms with Gasteiger partial charge in [0.2, 0.25) is 5.89 Å². The van der Waals surface area contributed by atoms with Gasteiger partial charge in [-0.2, -0.15) is 4.98 Å². The molecule has 2 atom stereocenters. The molecule has 2 unspecified atom stereocenters. The van der Waals surface area contributed by atoms with Crippen LogP contribution in [-0.2, 0) is 16.1 Å². The minimum atomic E-state index is -0.306. The first-order chi connectivity index (χ1) is 10.0. The molecule has 21 heavy (non-hydrogen) atoms. The van der Waals surface area contributed by atoms with E-state index in [1.54, 1.807) is 0 Å². The fourth-order valence-electron chi connectivity index (χ4n) is 3.82. The van der Waals surface area contributed by atoms with Crippen molar-refractivity contribution in [2.24, 2.45) is 11.3 Å². The third-order valence-electron chi connectivity index (χ3n) is 4.88. The Balaban J connectivity index is 1.70. The molecule has 0 aromatic carbocycles. The number of rotatable bonds is 4. The van der Waals surface area contributed by atoms with Gasteiger partial charge in [0.15, 0.2) is 5.82 Å². The zero-order valence-corrected chi connectivity index (χ0v) is 13.0. The summed E-state index contributed by atoms with van der Waals surface area (Å²) in [4.78, 5) is 18.9. The Morgan fingerprint density at radius 3 is 3.05 bits per heavy atom. The number of fused-ring (bicyclic) bond motifs is 1. The average Bonchev–Trinajstić information content (AvgIpc) is 3.11. The van der Waals surface area contributed by atoms with Gasteiger partial charge >= 0.3 is 5.97 Å². The zero-order valence-electron chi connectivity index (χ0n) is 13.0. The van der Waals surface area contributed by atoms with Crippen LogP contribution in [0.5, 0.6) is 0 Å². The van der Waals surface area contributed by atoms with Gasteiger partial charge in [0.1, 0.15) is 0 Å². The number of carbonyl (C=O) groups excluding carboxylic acids is 1. The largest absolute Gasteiger partial charge is 0.469 e. The summed E-state index contributed by atoms with van der Waals surface area (Å²) in [6, 6.07) is 0. The fourth-order valence-corrected chi connectivity index (χ4v) is 3.82. The molecule has 1 aromatic rings. The molecule has 0 amide bonds. The molecule has 6 heteroatoms. The molecule has 1 aliphatic heterocycles. The van der Waals surface area contributed by atoms with E-state index in [0.717, 1.165) is 32.4 Å². The highest BCUT2D eigenvalue weighted by atomic mass is 16.5.